The molecule has 2 heterocycles. The Hall–Kier alpha value is -2.66. The molecule has 27 heavy (non-hydrogen) atoms. The quantitative estimate of drug-likeness (QED) is 0.298. The second kappa shape index (κ2) is 7.16. The Morgan fingerprint density at radius 3 is 2.19 bits per heavy atom. The highest BCUT2D eigenvalue weighted by Crippen LogP contribution is 2.37. The average molecular weight is 378 g/mol. The predicted octanol–water partition coefficient (Wildman–Crippen LogP) is -0.971. The van der Waals surface area contributed by atoms with Crippen molar-refractivity contribution in [3.63, 3.8) is 0 Å². The van der Waals surface area contributed by atoms with Gasteiger partial charge in [0.2, 0.25) is 0 Å². The van der Waals surface area contributed by atoms with Gasteiger partial charge >= 0.3 is 5.69 Å². The van der Waals surface area contributed by atoms with Gasteiger partial charge in [-0.1, -0.05) is 0 Å². The summed E-state index contributed by atoms with van der Waals surface area (Å²) in [5.74, 6) is 0.129. The van der Waals surface area contributed by atoms with E-state index in [1.54, 1.807) is 0 Å². The van der Waals surface area contributed by atoms with Crippen LogP contribution >= 0.6 is 0 Å². The number of benzene rings is 1. The first-order chi connectivity index (χ1) is 12.7. The molecule has 0 amide bonds. The van der Waals surface area contributed by atoms with E-state index in [1.807, 2.05) is 26.0 Å². The molecule has 0 fully saturated rings. The summed E-state index contributed by atoms with van der Waals surface area (Å²) in [6.07, 6.45) is -4.78. The van der Waals surface area contributed by atoms with E-state index < -0.39 is 42.7 Å². The molecule has 0 unspecified atom stereocenters. The lowest BCUT2D eigenvalue weighted by Crippen LogP contribution is -2.44. The highest BCUT2D eigenvalue weighted by molar-refractivity contribution is 5.88. The van der Waals surface area contributed by atoms with Crippen LogP contribution in [0.5, 0.6) is 0 Å². The van der Waals surface area contributed by atoms with Crippen molar-refractivity contribution in [2.24, 2.45) is 0 Å². The molecule has 1 aliphatic rings. The lowest BCUT2D eigenvalue weighted by Gasteiger charge is -2.28. The van der Waals surface area contributed by atoms with Gasteiger partial charge in [-0.05, 0) is 37.1 Å². The van der Waals surface area contributed by atoms with Crippen molar-refractivity contribution >= 4 is 22.9 Å². The molecule has 0 aliphatic carbocycles. The van der Waals surface area contributed by atoms with Crippen molar-refractivity contribution < 1.29 is 20.4 Å². The Morgan fingerprint density at radius 1 is 1.00 bits per heavy atom. The van der Waals surface area contributed by atoms with Crippen LogP contribution in [0, 0.1) is 13.8 Å². The molecule has 0 bridgehead atoms. The van der Waals surface area contributed by atoms with Crippen LogP contribution in [0.2, 0.25) is 0 Å². The molecule has 7 N–H and O–H groups in total. The van der Waals surface area contributed by atoms with Gasteiger partial charge in [-0.25, -0.2) is 4.79 Å². The molecule has 0 radical (unpaired) electrons. The summed E-state index contributed by atoms with van der Waals surface area (Å²) in [5.41, 5.74) is 2.01. The maximum absolute atomic E-state index is 12.3. The van der Waals surface area contributed by atoms with Crippen molar-refractivity contribution in [2.75, 3.05) is 17.2 Å². The maximum Gasteiger partial charge on any atom is 0.330 e. The molecule has 0 saturated carbocycles. The Balaban J connectivity index is 2.03. The molecule has 3 rings (SSSR count). The molecule has 1 aliphatic heterocycles. The second-order valence-electron chi connectivity index (χ2n) is 6.63. The summed E-state index contributed by atoms with van der Waals surface area (Å²) in [5, 5.41) is 44.3. The zero-order valence-electron chi connectivity index (χ0n) is 14.9. The minimum absolute atomic E-state index is 0.0924. The molecule has 0 saturated heterocycles. The van der Waals surface area contributed by atoms with E-state index in [0.29, 0.717) is 11.4 Å². The minimum Gasteiger partial charge on any atom is -0.394 e. The van der Waals surface area contributed by atoms with E-state index in [4.69, 9.17) is 5.11 Å². The van der Waals surface area contributed by atoms with Gasteiger partial charge in [0.25, 0.3) is 5.56 Å². The number of aliphatic hydroxyl groups is 4. The smallest absolute Gasteiger partial charge is 0.330 e. The number of H-pyrrole nitrogens is 1. The molecule has 0 spiro atoms. The van der Waals surface area contributed by atoms with Crippen molar-refractivity contribution in [2.45, 2.75) is 38.7 Å². The standard InChI is InChI=1S/C17H22N4O6/c1-7-3-9-10(4-8(7)2)19-15-13(18-9)16(26)20-17(27)21(15)5-11(23)14(25)12(24)6-22/h3-4,11-12,14,18-19,22-25H,5-6H2,1-2H3,(H,20,26,27)/t11-,12+,14-/m0/s1. The molecular weight excluding hydrogens is 356 g/mol. The number of fused-ring (bicyclic) bond motifs is 2. The number of aromatic amines is 1. The van der Waals surface area contributed by atoms with E-state index in [-0.39, 0.29) is 11.5 Å². The third-order valence-electron chi connectivity index (χ3n) is 4.69. The van der Waals surface area contributed by atoms with Crippen LogP contribution in [-0.4, -0.2) is 54.9 Å². The first-order valence-corrected chi connectivity index (χ1v) is 8.40. The van der Waals surface area contributed by atoms with Crippen molar-refractivity contribution in [1.82, 2.24) is 9.55 Å². The normalized spacial score (nSPS) is 15.8. The lowest BCUT2D eigenvalue weighted by molar-refractivity contribution is -0.0807. The van der Waals surface area contributed by atoms with Gasteiger partial charge in [0.15, 0.2) is 0 Å². The summed E-state index contributed by atoms with van der Waals surface area (Å²) in [7, 11) is 0. The summed E-state index contributed by atoms with van der Waals surface area (Å²) in [6, 6.07) is 3.73. The molecule has 3 atom stereocenters. The molecule has 2 aromatic rings. The SMILES string of the molecule is Cc1cc2c(cc1C)Nc1c(c(=O)[nH]c(=O)n1C[C@H](O)[C@H](O)[C@H](O)CO)N2. The summed E-state index contributed by atoms with van der Waals surface area (Å²) in [6.45, 7) is 2.70. The first-order valence-electron chi connectivity index (χ1n) is 8.40. The van der Waals surface area contributed by atoms with Crippen LogP contribution < -0.4 is 21.9 Å². The van der Waals surface area contributed by atoms with Gasteiger partial charge in [-0.2, -0.15) is 0 Å². The van der Waals surface area contributed by atoms with Crippen LogP contribution in [0.3, 0.4) is 0 Å². The summed E-state index contributed by atoms with van der Waals surface area (Å²) >= 11 is 0. The van der Waals surface area contributed by atoms with Gasteiger partial charge < -0.3 is 31.1 Å². The summed E-state index contributed by atoms with van der Waals surface area (Å²) in [4.78, 5) is 26.6. The zero-order valence-corrected chi connectivity index (χ0v) is 14.9. The minimum atomic E-state index is -1.67. The van der Waals surface area contributed by atoms with E-state index >= 15 is 0 Å². The third kappa shape index (κ3) is 3.47. The number of hydrogen-bond donors (Lipinski definition) is 7. The molecule has 1 aromatic heterocycles. The average Bonchev–Trinajstić information content (AvgIpc) is 2.63. The zero-order chi connectivity index (χ0) is 19.9. The maximum atomic E-state index is 12.3. The number of hydrogen-bond acceptors (Lipinski definition) is 8. The fraction of sp³-hybridized carbons (Fsp3) is 0.412. The van der Waals surface area contributed by atoms with E-state index in [2.05, 4.69) is 15.6 Å². The highest BCUT2D eigenvalue weighted by Gasteiger charge is 2.28. The largest absolute Gasteiger partial charge is 0.394 e. The van der Waals surface area contributed by atoms with E-state index in [1.165, 1.54) is 0 Å². The predicted molar refractivity (Wildman–Crippen MR) is 98.9 cm³/mol. The van der Waals surface area contributed by atoms with Crippen LogP contribution in [-0.2, 0) is 6.54 Å². The van der Waals surface area contributed by atoms with Gasteiger partial charge in [0, 0.05) is 0 Å². The number of anilines is 4. The van der Waals surface area contributed by atoms with Gasteiger partial charge in [0.1, 0.15) is 29.8 Å². The van der Waals surface area contributed by atoms with Crippen LogP contribution in [0.25, 0.3) is 0 Å². The lowest BCUT2D eigenvalue weighted by atomic mass is 10.1. The van der Waals surface area contributed by atoms with E-state index in [9.17, 15) is 24.9 Å². The van der Waals surface area contributed by atoms with Crippen LogP contribution in [0.15, 0.2) is 21.7 Å². The molecular formula is C17H22N4O6. The van der Waals surface area contributed by atoms with Gasteiger partial charge in [-0.3, -0.25) is 14.3 Å². The van der Waals surface area contributed by atoms with Crippen LogP contribution in [0.4, 0.5) is 22.9 Å². The molecule has 1 aromatic carbocycles. The van der Waals surface area contributed by atoms with Crippen molar-refractivity contribution in [1.29, 1.82) is 0 Å². The monoisotopic (exact) mass is 378 g/mol. The van der Waals surface area contributed by atoms with Gasteiger partial charge in [-0.15, -0.1) is 0 Å². The molecule has 146 valence electrons. The Kier molecular flexibility index (Phi) is 5.07. The number of nitrogens with zero attached hydrogens (tertiary/aromatic N) is 1. The highest BCUT2D eigenvalue weighted by atomic mass is 16.4. The molecule has 10 nitrogen and oxygen atoms in total. The molecule has 10 heteroatoms. The number of aryl methyl sites for hydroxylation is 2. The topological polar surface area (TPSA) is 160 Å². The first kappa shape index (κ1) is 19.1. The summed E-state index contributed by atoms with van der Waals surface area (Å²) < 4.78 is 1.06. The Bertz CT molecular complexity index is 983. The number of nitrogens with one attached hydrogen (secondary N) is 3. The Labute approximate surface area is 153 Å². The number of aliphatic hydroxyl groups excluding tert-OH is 4. The Morgan fingerprint density at radius 2 is 1.59 bits per heavy atom. The van der Waals surface area contributed by atoms with Gasteiger partial charge in [0.05, 0.1) is 24.5 Å². The van der Waals surface area contributed by atoms with Crippen LogP contribution in [0.1, 0.15) is 11.1 Å². The number of aromatic nitrogens is 2. The van der Waals surface area contributed by atoms with Crippen molar-refractivity contribution in [3.05, 3.63) is 44.1 Å². The fourth-order valence-corrected chi connectivity index (χ4v) is 2.94. The van der Waals surface area contributed by atoms with E-state index in [0.717, 1.165) is 15.7 Å². The third-order valence-corrected chi connectivity index (χ3v) is 4.69. The fourth-order valence-electron chi connectivity index (χ4n) is 2.94. The number of rotatable bonds is 5. The second-order valence-corrected chi connectivity index (χ2v) is 6.63. The van der Waals surface area contributed by atoms with Crippen molar-refractivity contribution in [3.8, 4) is 0 Å².